The van der Waals surface area contributed by atoms with Crippen molar-refractivity contribution in [3.63, 3.8) is 0 Å². The summed E-state index contributed by atoms with van der Waals surface area (Å²) >= 11 is 1.01. The third-order valence-electron chi connectivity index (χ3n) is 2.65. The first kappa shape index (κ1) is 15.8. The number of hydrogen-bond acceptors (Lipinski definition) is 6. The van der Waals surface area contributed by atoms with E-state index in [1.807, 2.05) is 19.9 Å². The average molecular weight is 328 g/mol. The second kappa shape index (κ2) is 6.48. The molecule has 1 N–H and O–H groups in total. The molecule has 0 fully saturated rings. The molecule has 0 saturated carbocycles. The Morgan fingerprint density at radius 1 is 1.43 bits per heavy atom. The molecule has 6 nitrogen and oxygen atoms in total. The number of carbonyl (C=O) groups excluding carboxylic acids is 1. The van der Waals surface area contributed by atoms with E-state index >= 15 is 0 Å². The second-order valence-electron chi connectivity index (χ2n) is 4.51. The predicted molar refractivity (Wildman–Crippen MR) is 83.1 cm³/mol. The SMILES string of the molecule is CCCOC(=O)CSC1=NS(=O)(=O)c2cc(C)ccc2N1. The zero-order valence-electron chi connectivity index (χ0n) is 11.8. The first-order valence-corrected chi connectivity index (χ1v) is 8.86. The molecule has 0 aromatic heterocycles. The van der Waals surface area contributed by atoms with Crippen LogP contribution < -0.4 is 5.32 Å². The average Bonchev–Trinajstić information content (AvgIpc) is 2.43. The number of carbonyl (C=O) groups is 1. The molecule has 2 rings (SSSR count). The number of nitrogens with one attached hydrogen (secondary N) is 1. The zero-order valence-corrected chi connectivity index (χ0v) is 13.4. The van der Waals surface area contributed by atoms with Gasteiger partial charge in [0.2, 0.25) is 0 Å². The van der Waals surface area contributed by atoms with Crippen LogP contribution in [-0.2, 0) is 19.6 Å². The molecule has 0 spiro atoms. The highest BCUT2D eigenvalue weighted by Gasteiger charge is 2.25. The number of anilines is 1. The van der Waals surface area contributed by atoms with E-state index in [0.717, 1.165) is 23.7 Å². The monoisotopic (exact) mass is 328 g/mol. The van der Waals surface area contributed by atoms with Crippen LogP contribution in [-0.4, -0.2) is 31.9 Å². The number of hydrogen-bond donors (Lipinski definition) is 1. The minimum atomic E-state index is -3.73. The highest BCUT2D eigenvalue weighted by atomic mass is 32.2. The van der Waals surface area contributed by atoms with Crippen LogP contribution in [0, 0.1) is 6.92 Å². The van der Waals surface area contributed by atoms with Crippen molar-refractivity contribution in [1.29, 1.82) is 0 Å². The molecule has 1 aromatic rings. The quantitative estimate of drug-likeness (QED) is 0.853. The van der Waals surface area contributed by atoms with Gasteiger partial charge in [0.25, 0.3) is 10.0 Å². The summed E-state index contributed by atoms with van der Waals surface area (Å²) in [6.07, 6.45) is 0.747. The van der Waals surface area contributed by atoms with Gasteiger partial charge in [-0.2, -0.15) is 8.42 Å². The van der Waals surface area contributed by atoms with Crippen LogP contribution in [0.15, 0.2) is 27.5 Å². The summed E-state index contributed by atoms with van der Waals surface area (Å²) in [5.41, 5.74) is 1.31. The molecule has 0 bridgehead atoms. The van der Waals surface area contributed by atoms with Crippen LogP contribution in [0.4, 0.5) is 5.69 Å². The predicted octanol–water partition coefficient (Wildman–Crippen LogP) is 2.15. The number of esters is 1. The van der Waals surface area contributed by atoms with E-state index in [1.54, 1.807) is 12.1 Å². The van der Waals surface area contributed by atoms with Gasteiger partial charge in [-0.1, -0.05) is 24.8 Å². The molecule has 114 valence electrons. The maximum Gasteiger partial charge on any atom is 0.316 e. The molecular weight excluding hydrogens is 312 g/mol. The Hall–Kier alpha value is -1.54. The summed E-state index contributed by atoms with van der Waals surface area (Å²) < 4.78 is 32.8. The van der Waals surface area contributed by atoms with Crippen molar-refractivity contribution in [1.82, 2.24) is 0 Å². The molecule has 21 heavy (non-hydrogen) atoms. The van der Waals surface area contributed by atoms with Crippen molar-refractivity contribution in [3.05, 3.63) is 23.8 Å². The molecule has 0 radical (unpaired) electrons. The van der Waals surface area contributed by atoms with E-state index in [4.69, 9.17) is 4.74 Å². The lowest BCUT2D eigenvalue weighted by molar-refractivity contribution is -0.140. The van der Waals surface area contributed by atoms with Gasteiger partial charge in [-0.15, -0.1) is 4.40 Å². The summed E-state index contributed by atoms with van der Waals surface area (Å²) in [6, 6.07) is 5.06. The van der Waals surface area contributed by atoms with E-state index in [2.05, 4.69) is 9.71 Å². The summed E-state index contributed by atoms with van der Waals surface area (Å²) in [7, 11) is -3.73. The number of rotatable bonds is 4. The van der Waals surface area contributed by atoms with Crippen molar-refractivity contribution in [3.8, 4) is 0 Å². The Labute approximate surface area is 128 Å². The molecule has 0 unspecified atom stereocenters. The van der Waals surface area contributed by atoms with Crippen molar-refractivity contribution in [2.75, 3.05) is 17.7 Å². The molecule has 0 saturated heterocycles. The second-order valence-corrected chi connectivity index (χ2v) is 7.04. The number of aryl methyl sites for hydroxylation is 1. The number of fused-ring (bicyclic) bond motifs is 1. The van der Waals surface area contributed by atoms with Gasteiger partial charge in [-0.3, -0.25) is 4.79 Å². The van der Waals surface area contributed by atoms with Gasteiger partial charge in [0.1, 0.15) is 4.90 Å². The number of sulfonamides is 1. The van der Waals surface area contributed by atoms with Gasteiger partial charge in [-0.05, 0) is 31.0 Å². The van der Waals surface area contributed by atoms with E-state index in [1.165, 1.54) is 0 Å². The van der Waals surface area contributed by atoms with Gasteiger partial charge in [0, 0.05) is 0 Å². The van der Waals surface area contributed by atoms with E-state index < -0.39 is 16.0 Å². The van der Waals surface area contributed by atoms with Gasteiger partial charge in [0.15, 0.2) is 5.17 Å². The van der Waals surface area contributed by atoms with Crippen LogP contribution in [0.5, 0.6) is 0 Å². The Morgan fingerprint density at radius 3 is 2.90 bits per heavy atom. The number of thioether (sulfide) groups is 1. The van der Waals surface area contributed by atoms with Crippen LogP contribution in [0.3, 0.4) is 0 Å². The van der Waals surface area contributed by atoms with Crippen molar-refractivity contribution in [2.24, 2.45) is 4.40 Å². The van der Waals surface area contributed by atoms with E-state index in [-0.39, 0.29) is 15.8 Å². The summed E-state index contributed by atoms with van der Waals surface area (Å²) in [5, 5.41) is 3.10. The summed E-state index contributed by atoms with van der Waals surface area (Å²) in [5.74, 6) is -0.374. The molecule has 0 aliphatic carbocycles. The molecule has 0 atom stereocenters. The highest BCUT2D eigenvalue weighted by molar-refractivity contribution is 8.15. The normalized spacial score (nSPS) is 15.6. The Morgan fingerprint density at radius 2 is 2.19 bits per heavy atom. The molecule has 8 heteroatoms. The first-order valence-electron chi connectivity index (χ1n) is 6.43. The van der Waals surface area contributed by atoms with Gasteiger partial charge >= 0.3 is 5.97 Å². The number of ether oxygens (including phenoxy) is 1. The molecule has 1 aliphatic rings. The molecule has 0 amide bonds. The minimum Gasteiger partial charge on any atom is -0.465 e. The fourth-order valence-electron chi connectivity index (χ4n) is 1.69. The standard InChI is InChI=1S/C13H16N2O4S2/c1-3-6-19-12(16)8-20-13-14-10-5-4-9(2)7-11(10)21(17,18)15-13/h4-5,7H,3,6,8H2,1-2H3,(H,14,15). The Kier molecular flexibility index (Phi) is 4.89. The van der Waals surface area contributed by atoms with Crippen LogP contribution in [0.2, 0.25) is 0 Å². The van der Waals surface area contributed by atoms with Gasteiger partial charge < -0.3 is 10.1 Å². The topological polar surface area (TPSA) is 84.8 Å². The number of amidine groups is 1. The maximum absolute atomic E-state index is 12.1. The Bertz CT molecular complexity index is 683. The van der Waals surface area contributed by atoms with Crippen molar-refractivity contribution < 1.29 is 17.9 Å². The highest BCUT2D eigenvalue weighted by Crippen LogP contribution is 2.30. The van der Waals surface area contributed by atoms with Gasteiger partial charge in [-0.25, -0.2) is 0 Å². The molecule has 1 aliphatic heterocycles. The summed E-state index contributed by atoms with van der Waals surface area (Å²) in [6.45, 7) is 4.08. The van der Waals surface area contributed by atoms with Crippen LogP contribution in [0.1, 0.15) is 18.9 Å². The summed E-state index contributed by atoms with van der Waals surface area (Å²) in [4.78, 5) is 11.6. The smallest absolute Gasteiger partial charge is 0.316 e. The lowest BCUT2D eigenvalue weighted by Gasteiger charge is -2.17. The van der Waals surface area contributed by atoms with Crippen molar-refractivity contribution >= 4 is 38.6 Å². The third-order valence-corrected chi connectivity index (χ3v) is 4.93. The molecular formula is C13H16N2O4S2. The van der Waals surface area contributed by atoms with Crippen molar-refractivity contribution in [2.45, 2.75) is 25.2 Å². The minimum absolute atomic E-state index is 0.0164. The number of nitrogens with zero attached hydrogens (tertiary/aromatic N) is 1. The fraction of sp³-hybridized carbons (Fsp3) is 0.385. The van der Waals surface area contributed by atoms with Crippen LogP contribution in [0.25, 0.3) is 0 Å². The van der Waals surface area contributed by atoms with Gasteiger partial charge in [0.05, 0.1) is 18.0 Å². The van der Waals surface area contributed by atoms with E-state index in [9.17, 15) is 13.2 Å². The first-order chi connectivity index (χ1) is 9.92. The lowest BCUT2D eigenvalue weighted by Crippen LogP contribution is -2.21. The molecule has 1 aromatic carbocycles. The van der Waals surface area contributed by atoms with E-state index in [0.29, 0.717) is 12.3 Å². The maximum atomic E-state index is 12.1. The zero-order chi connectivity index (χ0) is 15.5. The lowest BCUT2D eigenvalue weighted by atomic mass is 10.2. The number of benzene rings is 1. The fourth-order valence-corrected chi connectivity index (χ4v) is 3.81. The van der Waals surface area contributed by atoms with Crippen LogP contribution >= 0.6 is 11.8 Å². The Balaban J connectivity index is 2.10. The third kappa shape index (κ3) is 3.98. The molecule has 1 heterocycles. The largest absolute Gasteiger partial charge is 0.465 e.